The first kappa shape index (κ1) is 13.2. The Morgan fingerprint density at radius 2 is 2.24 bits per heavy atom. The summed E-state index contributed by atoms with van der Waals surface area (Å²) in [5, 5.41) is 0.161. The number of rotatable bonds is 3. The Labute approximate surface area is 103 Å². The van der Waals surface area contributed by atoms with Crippen LogP contribution in [0.4, 0.5) is 5.69 Å². The summed E-state index contributed by atoms with van der Waals surface area (Å²) in [6.45, 7) is -0.158. The lowest BCUT2D eigenvalue weighted by Gasteiger charge is -2.16. The SMILES string of the molecule is COC(=O)CN(C)C(=O)c1cc(Cl)ncc1N. The number of esters is 1. The fraction of sp³-hybridized carbons (Fsp3) is 0.300. The number of hydrogen-bond donors (Lipinski definition) is 1. The smallest absolute Gasteiger partial charge is 0.325 e. The lowest BCUT2D eigenvalue weighted by atomic mass is 10.2. The average molecular weight is 258 g/mol. The van der Waals surface area contributed by atoms with E-state index in [0.717, 1.165) is 0 Å². The van der Waals surface area contributed by atoms with E-state index in [4.69, 9.17) is 17.3 Å². The number of halogens is 1. The number of anilines is 1. The van der Waals surface area contributed by atoms with E-state index in [2.05, 4.69) is 9.72 Å². The number of carbonyl (C=O) groups is 2. The zero-order chi connectivity index (χ0) is 13.0. The van der Waals surface area contributed by atoms with Crippen molar-refractivity contribution in [1.82, 2.24) is 9.88 Å². The highest BCUT2D eigenvalue weighted by Crippen LogP contribution is 2.16. The quantitative estimate of drug-likeness (QED) is 0.632. The molecule has 7 heteroatoms. The molecule has 6 nitrogen and oxygen atoms in total. The second kappa shape index (κ2) is 5.49. The molecule has 2 N–H and O–H groups in total. The fourth-order valence-electron chi connectivity index (χ4n) is 1.16. The third-order valence-corrected chi connectivity index (χ3v) is 2.28. The van der Waals surface area contributed by atoms with Crippen molar-refractivity contribution >= 4 is 29.2 Å². The van der Waals surface area contributed by atoms with Crippen LogP contribution in [0.1, 0.15) is 10.4 Å². The second-order valence-electron chi connectivity index (χ2n) is 3.33. The molecule has 1 heterocycles. The summed E-state index contributed by atoms with van der Waals surface area (Å²) in [4.78, 5) is 27.9. The normalized spacial score (nSPS) is 9.82. The Morgan fingerprint density at radius 1 is 1.59 bits per heavy atom. The van der Waals surface area contributed by atoms with Gasteiger partial charge in [0, 0.05) is 7.05 Å². The summed E-state index contributed by atoms with van der Waals surface area (Å²) in [6, 6.07) is 1.35. The van der Waals surface area contributed by atoms with Crippen molar-refractivity contribution in [3.8, 4) is 0 Å². The molecule has 0 aliphatic heterocycles. The van der Waals surface area contributed by atoms with Crippen LogP contribution in [0.15, 0.2) is 12.3 Å². The van der Waals surface area contributed by atoms with Crippen molar-refractivity contribution < 1.29 is 14.3 Å². The highest BCUT2D eigenvalue weighted by molar-refractivity contribution is 6.29. The second-order valence-corrected chi connectivity index (χ2v) is 3.72. The minimum Gasteiger partial charge on any atom is -0.468 e. The molecule has 0 saturated heterocycles. The summed E-state index contributed by atoms with van der Waals surface area (Å²) in [7, 11) is 2.71. The maximum absolute atomic E-state index is 11.9. The Morgan fingerprint density at radius 3 is 2.82 bits per heavy atom. The van der Waals surface area contributed by atoms with Gasteiger partial charge in [0.05, 0.1) is 24.6 Å². The number of nitrogen functional groups attached to an aromatic ring is 1. The Hall–Kier alpha value is -1.82. The van der Waals surface area contributed by atoms with E-state index in [0.29, 0.717) is 0 Å². The summed E-state index contributed by atoms with van der Waals surface area (Å²) < 4.78 is 4.46. The topological polar surface area (TPSA) is 85.5 Å². The highest BCUT2D eigenvalue weighted by atomic mass is 35.5. The van der Waals surface area contributed by atoms with Gasteiger partial charge in [0.15, 0.2) is 0 Å². The molecule has 0 fully saturated rings. The number of methoxy groups -OCH3 is 1. The van der Waals surface area contributed by atoms with E-state index in [1.165, 1.54) is 31.3 Å². The molecule has 17 heavy (non-hydrogen) atoms. The van der Waals surface area contributed by atoms with Gasteiger partial charge in [0.25, 0.3) is 5.91 Å². The van der Waals surface area contributed by atoms with Gasteiger partial charge in [0.1, 0.15) is 11.7 Å². The lowest BCUT2D eigenvalue weighted by Crippen LogP contribution is -2.33. The van der Waals surface area contributed by atoms with Crippen LogP contribution in [0.2, 0.25) is 5.15 Å². The van der Waals surface area contributed by atoms with Gasteiger partial charge in [-0.25, -0.2) is 4.98 Å². The summed E-state index contributed by atoms with van der Waals surface area (Å²) in [5.41, 5.74) is 6.02. The molecule has 1 rings (SSSR count). The van der Waals surface area contributed by atoms with E-state index in [1.807, 2.05) is 0 Å². The van der Waals surface area contributed by atoms with Crippen molar-refractivity contribution in [2.24, 2.45) is 0 Å². The Bertz CT molecular complexity index is 450. The predicted octanol–water partition coefficient (Wildman–Crippen LogP) is 0.562. The van der Waals surface area contributed by atoms with Crippen molar-refractivity contribution in [3.05, 3.63) is 23.0 Å². The number of likely N-dealkylation sites (N-methyl/N-ethyl adjacent to an activating group) is 1. The number of aromatic nitrogens is 1. The van der Waals surface area contributed by atoms with E-state index in [-0.39, 0.29) is 22.9 Å². The molecule has 1 aromatic rings. The first-order valence-electron chi connectivity index (χ1n) is 4.69. The average Bonchev–Trinajstić information content (AvgIpc) is 2.31. The zero-order valence-electron chi connectivity index (χ0n) is 9.44. The van der Waals surface area contributed by atoms with Gasteiger partial charge >= 0.3 is 5.97 Å². The minimum absolute atomic E-state index is 0.158. The number of amides is 1. The third kappa shape index (κ3) is 3.32. The van der Waals surface area contributed by atoms with E-state index < -0.39 is 11.9 Å². The molecule has 0 radical (unpaired) electrons. The summed E-state index contributed by atoms with van der Waals surface area (Å²) in [6.07, 6.45) is 1.29. The lowest BCUT2D eigenvalue weighted by molar-refractivity contribution is -0.141. The van der Waals surface area contributed by atoms with Crippen molar-refractivity contribution in [2.75, 3.05) is 26.4 Å². The number of pyridine rings is 1. The van der Waals surface area contributed by atoms with Crippen LogP contribution in [-0.2, 0) is 9.53 Å². The van der Waals surface area contributed by atoms with Crippen molar-refractivity contribution in [1.29, 1.82) is 0 Å². The van der Waals surface area contributed by atoms with Gasteiger partial charge in [0.2, 0.25) is 0 Å². The molecule has 1 amide bonds. The Balaban J connectivity index is 2.88. The molecule has 0 aromatic carbocycles. The van der Waals surface area contributed by atoms with Gasteiger partial charge in [-0.05, 0) is 6.07 Å². The van der Waals surface area contributed by atoms with Crippen LogP contribution in [-0.4, -0.2) is 42.5 Å². The molecule has 0 aliphatic carbocycles. The molecule has 92 valence electrons. The highest BCUT2D eigenvalue weighted by Gasteiger charge is 2.18. The van der Waals surface area contributed by atoms with Crippen LogP contribution in [0.25, 0.3) is 0 Å². The first-order valence-corrected chi connectivity index (χ1v) is 5.06. The molecule has 0 bridgehead atoms. The molecule has 0 atom stereocenters. The van der Waals surface area contributed by atoms with Gasteiger partial charge in [-0.15, -0.1) is 0 Å². The van der Waals surface area contributed by atoms with Gasteiger partial charge in [-0.2, -0.15) is 0 Å². The van der Waals surface area contributed by atoms with Gasteiger partial charge < -0.3 is 15.4 Å². The van der Waals surface area contributed by atoms with Gasteiger partial charge in [-0.3, -0.25) is 9.59 Å². The maximum Gasteiger partial charge on any atom is 0.325 e. The minimum atomic E-state index is -0.514. The van der Waals surface area contributed by atoms with Crippen molar-refractivity contribution in [3.63, 3.8) is 0 Å². The number of nitrogens with zero attached hydrogens (tertiary/aromatic N) is 2. The van der Waals surface area contributed by atoms with E-state index in [1.54, 1.807) is 0 Å². The zero-order valence-corrected chi connectivity index (χ0v) is 10.2. The fourth-order valence-corrected chi connectivity index (χ4v) is 1.32. The summed E-state index contributed by atoms with van der Waals surface area (Å²) >= 11 is 5.67. The van der Waals surface area contributed by atoms with Crippen LogP contribution in [0.3, 0.4) is 0 Å². The standard InChI is InChI=1S/C10H12ClN3O3/c1-14(5-9(15)17-2)10(16)6-3-8(11)13-4-7(6)12/h3-4H,5,12H2,1-2H3. The molecular formula is C10H12ClN3O3. The van der Waals surface area contributed by atoms with Crippen molar-refractivity contribution in [2.45, 2.75) is 0 Å². The van der Waals surface area contributed by atoms with E-state index >= 15 is 0 Å². The molecule has 0 aliphatic rings. The predicted molar refractivity (Wildman–Crippen MR) is 62.6 cm³/mol. The maximum atomic E-state index is 11.9. The first-order chi connectivity index (χ1) is 7.95. The van der Waals surface area contributed by atoms with Crippen LogP contribution < -0.4 is 5.73 Å². The van der Waals surface area contributed by atoms with Crippen LogP contribution in [0.5, 0.6) is 0 Å². The van der Waals surface area contributed by atoms with Crippen LogP contribution in [0, 0.1) is 0 Å². The largest absolute Gasteiger partial charge is 0.468 e. The number of ether oxygens (including phenoxy) is 1. The molecule has 0 saturated carbocycles. The summed E-state index contributed by atoms with van der Waals surface area (Å²) in [5.74, 6) is -0.934. The van der Waals surface area contributed by atoms with Crippen LogP contribution >= 0.6 is 11.6 Å². The number of hydrogen-bond acceptors (Lipinski definition) is 5. The Kier molecular flexibility index (Phi) is 4.28. The molecule has 0 spiro atoms. The molecular weight excluding hydrogens is 246 g/mol. The van der Waals surface area contributed by atoms with E-state index in [9.17, 15) is 9.59 Å². The third-order valence-electron chi connectivity index (χ3n) is 2.07. The number of nitrogens with two attached hydrogens (primary N) is 1. The molecule has 0 unspecified atom stereocenters. The monoisotopic (exact) mass is 257 g/mol. The molecule has 1 aromatic heterocycles. The van der Waals surface area contributed by atoms with Gasteiger partial charge in [-0.1, -0.05) is 11.6 Å². The number of carbonyl (C=O) groups excluding carboxylic acids is 2.